The number of rotatable bonds is 3. The molecule has 0 saturated heterocycles. The average molecular weight is 437 g/mol. The number of halogens is 1. The molecule has 3 fully saturated rings. The first kappa shape index (κ1) is 22.6. The molecule has 0 radical (unpaired) electrons. The number of hydrogen-bond donors (Lipinski definition) is 2. The normalized spacial score (nSPS) is 48.9. The summed E-state index contributed by atoms with van der Waals surface area (Å²) in [7, 11) is 0. The molecule has 4 aliphatic rings. The minimum Gasteiger partial charge on any atom is -0.458 e. The van der Waals surface area contributed by atoms with Crippen molar-refractivity contribution in [2.75, 3.05) is 6.61 Å². The Labute approximate surface area is 182 Å². The fourth-order valence-electron chi connectivity index (χ4n) is 7.64. The van der Waals surface area contributed by atoms with Gasteiger partial charge in [-0.15, -0.1) is 0 Å². The lowest BCUT2D eigenvalue weighted by atomic mass is 9.43. The number of alkyl halides is 1. The predicted molar refractivity (Wildman–Crippen MR) is 110 cm³/mol. The first-order valence-electron chi connectivity index (χ1n) is 11.3. The van der Waals surface area contributed by atoms with Crippen LogP contribution in [0.4, 0.5) is 4.39 Å². The topological polar surface area (TPSA) is 101 Å². The number of Topliss-reactive ketones (excluding diaryl/α,β-unsaturated/α-hetero) is 1. The highest BCUT2D eigenvalue weighted by Gasteiger charge is 2.74. The number of aliphatic hydroxyl groups is 2. The Kier molecular flexibility index (Phi) is 5.06. The molecule has 7 heteroatoms. The second kappa shape index (κ2) is 6.95. The van der Waals surface area contributed by atoms with Gasteiger partial charge in [-0.05, 0) is 50.5 Å². The van der Waals surface area contributed by atoms with E-state index in [1.54, 1.807) is 19.9 Å². The Morgan fingerprint density at radius 3 is 2.55 bits per heavy atom. The number of aliphatic hydroxyl groups excluding tert-OH is 1. The summed E-state index contributed by atoms with van der Waals surface area (Å²) in [6.45, 7) is 6.06. The predicted octanol–water partition coefficient (Wildman–Crippen LogP) is 2.69. The van der Waals surface area contributed by atoms with Crippen LogP contribution in [-0.4, -0.2) is 51.7 Å². The summed E-state index contributed by atoms with van der Waals surface area (Å²) >= 11 is 0. The lowest BCUT2D eigenvalue weighted by Crippen LogP contribution is -2.69. The summed E-state index contributed by atoms with van der Waals surface area (Å²) in [6.07, 6.45) is 2.15. The molecule has 0 unspecified atom stereocenters. The van der Waals surface area contributed by atoms with E-state index in [9.17, 15) is 24.6 Å². The largest absolute Gasteiger partial charge is 0.458 e. The van der Waals surface area contributed by atoms with E-state index in [1.165, 1.54) is 6.92 Å². The Balaban J connectivity index is 1.72. The highest BCUT2D eigenvalue weighted by molar-refractivity contribution is 5.93. The van der Waals surface area contributed by atoms with Gasteiger partial charge in [-0.2, -0.15) is 0 Å². The minimum absolute atomic E-state index is 0.0102. The molecule has 4 aliphatic carbocycles. The number of ketones is 2. The van der Waals surface area contributed by atoms with Gasteiger partial charge in [0.2, 0.25) is 5.78 Å². The van der Waals surface area contributed by atoms with Crippen LogP contribution in [0.2, 0.25) is 0 Å². The molecule has 0 aliphatic heterocycles. The van der Waals surface area contributed by atoms with E-state index < -0.39 is 52.5 Å². The molecule has 0 aromatic rings. The van der Waals surface area contributed by atoms with E-state index in [1.807, 2.05) is 6.92 Å². The molecule has 8 atom stereocenters. The second-order valence-electron chi connectivity index (χ2n) is 10.8. The van der Waals surface area contributed by atoms with Crippen molar-refractivity contribution in [1.82, 2.24) is 0 Å². The van der Waals surface area contributed by atoms with E-state index in [2.05, 4.69) is 0 Å². The van der Waals surface area contributed by atoms with Crippen LogP contribution < -0.4 is 0 Å². The van der Waals surface area contributed by atoms with Crippen LogP contribution in [0.3, 0.4) is 0 Å². The molecule has 4 rings (SSSR count). The summed E-state index contributed by atoms with van der Waals surface area (Å²) < 4.78 is 22.0. The van der Waals surface area contributed by atoms with Gasteiger partial charge in [-0.25, -0.2) is 4.39 Å². The third-order valence-corrected chi connectivity index (χ3v) is 9.37. The molecule has 0 aromatic carbocycles. The van der Waals surface area contributed by atoms with Crippen LogP contribution in [0.25, 0.3) is 0 Å². The summed E-state index contributed by atoms with van der Waals surface area (Å²) in [6, 6.07) is 0. The Bertz CT molecular complexity index is 868. The van der Waals surface area contributed by atoms with Gasteiger partial charge in [-0.3, -0.25) is 14.4 Å². The van der Waals surface area contributed by atoms with Gasteiger partial charge >= 0.3 is 5.97 Å². The minimum atomic E-state index is -1.93. The smallest absolute Gasteiger partial charge is 0.303 e. The van der Waals surface area contributed by atoms with Gasteiger partial charge < -0.3 is 14.9 Å². The van der Waals surface area contributed by atoms with Crippen molar-refractivity contribution in [1.29, 1.82) is 0 Å². The van der Waals surface area contributed by atoms with E-state index in [-0.39, 0.29) is 30.5 Å². The maximum absolute atomic E-state index is 17.1. The maximum Gasteiger partial charge on any atom is 0.303 e. The standard InChI is InChI=1S/C24H33FO6/c1-13-10-21(3)15(9-18(13)27)5-6-17-16-7-8-23(30,20(29)12-31-14(2)26)22(16,4)11-19(28)24(17,21)25/h9,13,16-17,19,28,30H,5-8,10-12H2,1-4H3/t13-,16+,17+,19+,21+,22+,23+,24+/m1/s1. The molecule has 0 aromatic heterocycles. The number of ether oxygens (including phenoxy) is 1. The van der Waals surface area contributed by atoms with Crippen molar-refractivity contribution in [2.45, 2.75) is 83.6 Å². The summed E-state index contributed by atoms with van der Waals surface area (Å²) in [5, 5.41) is 22.7. The molecule has 3 saturated carbocycles. The number of esters is 1. The molecule has 172 valence electrons. The van der Waals surface area contributed by atoms with E-state index in [0.717, 1.165) is 5.57 Å². The molecular weight excluding hydrogens is 403 g/mol. The zero-order chi connectivity index (χ0) is 23.0. The highest BCUT2D eigenvalue weighted by Crippen LogP contribution is 2.70. The van der Waals surface area contributed by atoms with Crippen LogP contribution in [-0.2, 0) is 19.1 Å². The van der Waals surface area contributed by atoms with Crippen molar-refractivity contribution in [3.63, 3.8) is 0 Å². The summed E-state index contributed by atoms with van der Waals surface area (Å²) in [5.74, 6) is -2.32. The number of allylic oxidation sites excluding steroid dienone is 1. The van der Waals surface area contributed by atoms with Gasteiger partial charge in [-0.1, -0.05) is 26.3 Å². The third kappa shape index (κ3) is 2.78. The van der Waals surface area contributed by atoms with Gasteiger partial charge in [0.15, 0.2) is 12.4 Å². The van der Waals surface area contributed by atoms with Crippen molar-refractivity contribution in [3.8, 4) is 0 Å². The van der Waals surface area contributed by atoms with Crippen LogP contribution in [0.15, 0.2) is 11.6 Å². The van der Waals surface area contributed by atoms with Gasteiger partial charge in [0.1, 0.15) is 11.3 Å². The zero-order valence-electron chi connectivity index (χ0n) is 18.7. The Hall–Kier alpha value is -1.60. The maximum atomic E-state index is 17.1. The number of carbonyl (C=O) groups is 3. The number of carbonyl (C=O) groups excluding carboxylic acids is 3. The van der Waals surface area contributed by atoms with Crippen LogP contribution in [0.1, 0.15) is 66.2 Å². The first-order chi connectivity index (χ1) is 14.3. The molecular formula is C24H33FO6. The zero-order valence-corrected chi connectivity index (χ0v) is 18.7. The quantitative estimate of drug-likeness (QED) is 0.660. The van der Waals surface area contributed by atoms with E-state index >= 15 is 4.39 Å². The summed E-state index contributed by atoms with van der Waals surface area (Å²) in [5.41, 5.74) is -4.90. The van der Waals surface area contributed by atoms with Gasteiger partial charge in [0.05, 0.1) is 6.10 Å². The second-order valence-corrected chi connectivity index (χ2v) is 10.8. The summed E-state index contributed by atoms with van der Waals surface area (Å²) in [4.78, 5) is 36.3. The SMILES string of the molecule is CC(=O)OCC(=O)[C@@]1(O)CC[C@H]2[C@@H]3CCC4=CC(=O)[C@H](C)C[C@]4(C)[C@@]3(F)[C@@H](O)C[C@@]21C. The Morgan fingerprint density at radius 1 is 1.23 bits per heavy atom. The molecule has 31 heavy (non-hydrogen) atoms. The third-order valence-electron chi connectivity index (χ3n) is 9.37. The lowest BCUT2D eigenvalue weighted by molar-refractivity contribution is -0.228. The van der Waals surface area contributed by atoms with E-state index in [4.69, 9.17) is 4.74 Å². The average Bonchev–Trinajstić information content (AvgIpc) is 2.94. The van der Waals surface area contributed by atoms with E-state index in [0.29, 0.717) is 25.7 Å². The fourth-order valence-corrected chi connectivity index (χ4v) is 7.64. The van der Waals surface area contributed by atoms with Crippen LogP contribution in [0.5, 0.6) is 0 Å². The van der Waals surface area contributed by atoms with Gasteiger partial charge in [0, 0.05) is 29.6 Å². The fraction of sp³-hybridized carbons (Fsp3) is 0.792. The molecule has 0 heterocycles. The number of hydrogen-bond acceptors (Lipinski definition) is 6. The molecule has 0 spiro atoms. The molecule has 2 N–H and O–H groups in total. The lowest BCUT2D eigenvalue weighted by Gasteiger charge is -2.63. The van der Waals surface area contributed by atoms with Crippen molar-refractivity contribution < 1.29 is 33.7 Å². The first-order valence-corrected chi connectivity index (χ1v) is 11.3. The van der Waals surface area contributed by atoms with Crippen molar-refractivity contribution in [2.24, 2.45) is 28.6 Å². The molecule has 0 amide bonds. The van der Waals surface area contributed by atoms with Crippen LogP contribution in [0, 0.1) is 28.6 Å². The van der Waals surface area contributed by atoms with Crippen molar-refractivity contribution >= 4 is 17.5 Å². The highest BCUT2D eigenvalue weighted by atomic mass is 19.1. The van der Waals surface area contributed by atoms with Gasteiger partial charge in [0.25, 0.3) is 0 Å². The van der Waals surface area contributed by atoms with Crippen LogP contribution >= 0.6 is 0 Å². The molecule has 0 bridgehead atoms. The monoisotopic (exact) mass is 436 g/mol. The Morgan fingerprint density at radius 2 is 1.90 bits per heavy atom. The number of fused-ring (bicyclic) bond motifs is 5. The molecule has 6 nitrogen and oxygen atoms in total. The van der Waals surface area contributed by atoms with Crippen molar-refractivity contribution in [3.05, 3.63) is 11.6 Å².